The van der Waals surface area contributed by atoms with Gasteiger partial charge in [0.1, 0.15) is 0 Å². The van der Waals surface area contributed by atoms with E-state index in [1.54, 1.807) is 0 Å². The molecule has 16 heavy (non-hydrogen) atoms. The Hall–Kier alpha value is -0.120. The van der Waals surface area contributed by atoms with Crippen LogP contribution in [0.15, 0.2) is 0 Å². The van der Waals surface area contributed by atoms with E-state index >= 15 is 0 Å². The average Bonchev–Trinajstić information content (AvgIpc) is 2.28. The fraction of sp³-hybridized carbons (Fsp3) is 1.00. The first kappa shape index (κ1) is 13.9. The van der Waals surface area contributed by atoms with Crippen molar-refractivity contribution in [2.45, 2.75) is 38.6 Å². The largest absolute Gasteiger partial charge is 0.329 e. The smallest absolute Gasteiger partial charge is 0.0300 e. The third-order valence-corrected chi connectivity index (χ3v) is 4.20. The second-order valence-electron chi connectivity index (χ2n) is 5.75. The van der Waals surface area contributed by atoms with Gasteiger partial charge in [0, 0.05) is 18.6 Å². The molecule has 1 saturated heterocycles. The van der Waals surface area contributed by atoms with Crippen molar-refractivity contribution in [3.05, 3.63) is 0 Å². The zero-order valence-electron chi connectivity index (χ0n) is 11.5. The molecule has 0 spiro atoms. The highest BCUT2D eigenvalue weighted by Crippen LogP contribution is 2.26. The average molecular weight is 227 g/mol. The van der Waals surface area contributed by atoms with Crippen LogP contribution in [-0.4, -0.2) is 55.6 Å². The summed E-state index contributed by atoms with van der Waals surface area (Å²) >= 11 is 0. The van der Waals surface area contributed by atoms with Crippen molar-refractivity contribution in [3.63, 3.8) is 0 Å². The molecule has 0 aliphatic carbocycles. The van der Waals surface area contributed by atoms with Gasteiger partial charge in [-0.1, -0.05) is 6.92 Å². The van der Waals surface area contributed by atoms with Gasteiger partial charge < -0.3 is 10.6 Å². The molecule has 0 aromatic heterocycles. The molecular formula is C13H29N3. The maximum absolute atomic E-state index is 5.91. The molecule has 96 valence electrons. The predicted molar refractivity (Wildman–Crippen MR) is 70.6 cm³/mol. The van der Waals surface area contributed by atoms with E-state index in [9.17, 15) is 0 Å². The lowest BCUT2D eigenvalue weighted by atomic mass is 9.89. The lowest BCUT2D eigenvalue weighted by Crippen LogP contribution is -2.54. The van der Waals surface area contributed by atoms with Gasteiger partial charge in [0.15, 0.2) is 0 Å². The van der Waals surface area contributed by atoms with E-state index in [0.717, 1.165) is 18.9 Å². The topological polar surface area (TPSA) is 32.5 Å². The monoisotopic (exact) mass is 227 g/mol. The Kier molecular flexibility index (Phi) is 5.22. The summed E-state index contributed by atoms with van der Waals surface area (Å²) in [5, 5.41) is 0. The summed E-state index contributed by atoms with van der Waals surface area (Å²) in [6.45, 7) is 9.01. The Morgan fingerprint density at radius 2 is 1.88 bits per heavy atom. The molecule has 1 atom stereocenters. The van der Waals surface area contributed by atoms with Gasteiger partial charge in [0.05, 0.1) is 0 Å². The van der Waals surface area contributed by atoms with Crippen LogP contribution in [0.25, 0.3) is 0 Å². The molecule has 2 N–H and O–H groups in total. The zero-order valence-corrected chi connectivity index (χ0v) is 11.5. The SMILES string of the molecule is CCC(C)(CN)N1CCC(CN(C)C)CC1. The molecule has 1 aliphatic rings. The second kappa shape index (κ2) is 5.99. The number of rotatable bonds is 5. The molecule has 1 heterocycles. The molecule has 1 aliphatic heterocycles. The van der Waals surface area contributed by atoms with E-state index in [4.69, 9.17) is 5.73 Å². The number of hydrogen-bond acceptors (Lipinski definition) is 3. The van der Waals surface area contributed by atoms with Gasteiger partial charge in [-0.2, -0.15) is 0 Å². The lowest BCUT2D eigenvalue weighted by molar-refractivity contribution is 0.0590. The highest BCUT2D eigenvalue weighted by Gasteiger charge is 2.31. The van der Waals surface area contributed by atoms with Gasteiger partial charge in [-0.15, -0.1) is 0 Å². The van der Waals surface area contributed by atoms with Crippen molar-refractivity contribution in [2.75, 3.05) is 40.3 Å². The van der Waals surface area contributed by atoms with Crippen LogP contribution in [-0.2, 0) is 0 Å². The Labute approximate surface area is 101 Å². The van der Waals surface area contributed by atoms with Gasteiger partial charge in [-0.05, 0) is 59.3 Å². The summed E-state index contributed by atoms with van der Waals surface area (Å²) in [5.41, 5.74) is 6.14. The maximum atomic E-state index is 5.91. The van der Waals surface area contributed by atoms with Crippen molar-refractivity contribution in [1.29, 1.82) is 0 Å². The summed E-state index contributed by atoms with van der Waals surface area (Å²) in [6.07, 6.45) is 3.81. The minimum Gasteiger partial charge on any atom is -0.329 e. The van der Waals surface area contributed by atoms with E-state index in [0.29, 0.717) is 0 Å². The summed E-state index contributed by atoms with van der Waals surface area (Å²) in [5.74, 6) is 0.880. The van der Waals surface area contributed by atoms with Gasteiger partial charge >= 0.3 is 0 Å². The van der Waals surface area contributed by atoms with Crippen LogP contribution in [0.3, 0.4) is 0 Å². The van der Waals surface area contributed by atoms with Crippen LogP contribution >= 0.6 is 0 Å². The number of nitrogens with zero attached hydrogens (tertiary/aromatic N) is 2. The molecular weight excluding hydrogens is 198 g/mol. The molecule has 0 aromatic carbocycles. The second-order valence-corrected chi connectivity index (χ2v) is 5.75. The van der Waals surface area contributed by atoms with Gasteiger partial charge in [-0.3, -0.25) is 4.90 Å². The Morgan fingerprint density at radius 3 is 2.25 bits per heavy atom. The fourth-order valence-electron chi connectivity index (χ4n) is 2.67. The van der Waals surface area contributed by atoms with Crippen LogP contribution in [0, 0.1) is 5.92 Å². The van der Waals surface area contributed by atoms with E-state index in [2.05, 4.69) is 37.7 Å². The number of hydrogen-bond donors (Lipinski definition) is 1. The predicted octanol–water partition coefficient (Wildman–Crippen LogP) is 1.39. The summed E-state index contributed by atoms with van der Waals surface area (Å²) < 4.78 is 0. The van der Waals surface area contributed by atoms with Crippen LogP contribution in [0.2, 0.25) is 0 Å². The Morgan fingerprint density at radius 1 is 1.31 bits per heavy atom. The van der Waals surface area contributed by atoms with Gasteiger partial charge in [0.2, 0.25) is 0 Å². The van der Waals surface area contributed by atoms with Crippen molar-refractivity contribution in [2.24, 2.45) is 11.7 Å². The van der Waals surface area contributed by atoms with Crippen molar-refractivity contribution < 1.29 is 0 Å². The highest BCUT2D eigenvalue weighted by atomic mass is 15.2. The van der Waals surface area contributed by atoms with Gasteiger partial charge in [0.25, 0.3) is 0 Å². The zero-order chi connectivity index (χ0) is 12.2. The normalized spacial score (nSPS) is 23.6. The standard InChI is InChI=1S/C13H29N3/c1-5-13(2,11-14)16-8-6-12(7-9-16)10-15(3)4/h12H,5-11,14H2,1-4H3. The van der Waals surface area contributed by atoms with Crippen LogP contribution < -0.4 is 5.73 Å². The first-order chi connectivity index (χ1) is 7.51. The third kappa shape index (κ3) is 3.44. The van der Waals surface area contributed by atoms with Crippen molar-refractivity contribution in [3.8, 4) is 0 Å². The molecule has 0 amide bonds. The van der Waals surface area contributed by atoms with Gasteiger partial charge in [-0.25, -0.2) is 0 Å². The first-order valence-electron chi connectivity index (χ1n) is 6.61. The minimum absolute atomic E-state index is 0.225. The van der Waals surface area contributed by atoms with Crippen molar-refractivity contribution in [1.82, 2.24) is 9.80 Å². The molecule has 3 nitrogen and oxygen atoms in total. The van der Waals surface area contributed by atoms with E-state index < -0.39 is 0 Å². The summed E-state index contributed by atoms with van der Waals surface area (Å²) in [7, 11) is 4.34. The molecule has 0 aromatic rings. The first-order valence-corrected chi connectivity index (χ1v) is 6.61. The quantitative estimate of drug-likeness (QED) is 0.770. The Balaban J connectivity index is 2.42. The molecule has 0 radical (unpaired) electrons. The highest BCUT2D eigenvalue weighted by molar-refractivity contribution is 4.89. The van der Waals surface area contributed by atoms with Crippen LogP contribution in [0.5, 0.6) is 0 Å². The summed E-state index contributed by atoms with van der Waals surface area (Å²) in [4.78, 5) is 4.90. The Bertz CT molecular complexity index is 191. The third-order valence-electron chi connectivity index (χ3n) is 4.20. The van der Waals surface area contributed by atoms with Crippen LogP contribution in [0.1, 0.15) is 33.1 Å². The lowest BCUT2D eigenvalue weighted by Gasteiger charge is -2.44. The molecule has 1 fully saturated rings. The molecule has 3 heteroatoms. The fourth-order valence-corrected chi connectivity index (χ4v) is 2.67. The van der Waals surface area contributed by atoms with E-state index in [-0.39, 0.29) is 5.54 Å². The number of nitrogens with two attached hydrogens (primary N) is 1. The maximum Gasteiger partial charge on any atom is 0.0300 e. The number of piperidine rings is 1. The van der Waals surface area contributed by atoms with Crippen LogP contribution in [0.4, 0.5) is 0 Å². The summed E-state index contributed by atoms with van der Waals surface area (Å²) in [6, 6.07) is 0. The molecule has 1 rings (SSSR count). The molecule has 0 saturated carbocycles. The van der Waals surface area contributed by atoms with E-state index in [1.165, 1.54) is 32.5 Å². The van der Waals surface area contributed by atoms with E-state index in [1.807, 2.05) is 0 Å². The molecule has 1 unspecified atom stereocenters. The minimum atomic E-state index is 0.225. The number of likely N-dealkylation sites (tertiary alicyclic amines) is 1. The van der Waals surface area contributed by atoms with Crippen molar-refractivity contribution >= 4 is 0 Å². The molecule has 0 bridgehead atoms.